The zero-order valence-electron chi connectivity index (χ0n) is 21.3. The van der Waals surface area contributed by atoms with Crippen molar-refractivity contribution in [3.8, 4) is 40.1 Å². The van der Waals surface area contributed by atoms with Gasteiger partial charge < -0.3 is 69.3 Å². The molecule has 9 unspecified atom stereocenters. The summed E-state index contributed by atoms with van der Waals surface area (Å²) in [5.41, 5.74) is -1.21. The Morgan fingerprint density at radius 3 is 2.24 bits per heavy atom. The lowest BCUT2D eigenvalue weighted by atomic mass is 9.99. The molecule has 2 aliphatic rings. The van der Waals surface area contributed by atoms with Crippen LogP contribution in [0.25, 0.3) is 22.3 Å². The van der Waals surface area contributed by atoms with Gasteiger partial charge >= 0.3 is 0 Å². The SMILES string of the molecule is CC1OC(Oc2c(-c3ccc(O)c(O)c3)oc3cc(O)cc(O)c3c2=O)C(O)C(O)C1OC1OCC(O)C(O)C1O. The average molecular weight is 580 g/mol. The fourth-order valence-corrected chi connectivity index (χ4v) is 4.69. The van der Waals surface area contributed by atoms with Crippen LogP contribution in [0.3, 0.4) is 0 Å². The third-order valence-electron chi connectivity index (χ3n) is 6.91. The van der Waals surface area contributed by atoms with Crippen molar-refractivity contribution in [3.63, 3.8) is 0 Å². The van der Waals surface area contributed by atoms with Crippen molar-refractivity contribution in [3.05, 3.63) is 40.6 Å². The second kappa shape index (κ2) is 11.0. The van der Waals surface area contributed by atoms with E-state index in [9.17, 15) is 50.8 Å². The van der Waals surface area contributed by atoms with Crippen LogP contribution < -0.4 is 10.2 Å². The summed E-state index contributed by atoms with van der Waals surface area (Å²) in [4.78, 5) is 13.5. The standard InChI is InChI=1S/C26H28O15/c1-8-22(40-25-20(35)17(32)14(31)7-37-25)19(34)21(36)26(38-8)41-24-18(33)16-13(30)5-10(27)6-15(16)39-23(24)9-2-3-11(28)12(29)4-9/h2-6,8,14,17,19-22,25-32,34-36H,7H2,1H3. The fourth-order valence-electron chi connectivity index (χ4n) is 4.69. The maximum Gasteiger partial charge on any atom is 0.239 e. The number of hydrogen-bond donors (Lipinski definition) is 9. The highest BCUT2D eigenvalue weighted by atomic mass is 16.7. The third kappa shape index (κ3) is 5.25. The minimum Gasteiger partial charge on any atom is -0.508 e. The first-order valence-electron chi connectivity index (χ1n) is 12.4. The largest absolute Gasteiger partial charge is 0.508 e. The Morgan fingerprint density at radius 1 is 0.829 bits per heavy atom. The Balaban J connectivity index is 1.48. The minimum absolute atomic E-state index is 0.0152. The summed E-state index contributed by atoms with van der Waals surface area (Å²) in [5, 5.41) is 91.0. The molecule has 2 fully saturated rings. The summed E-state index contributed by atoms with van der Waals surface area (Å²) in [6.07, 6.45) is -13.9. The molecule has 3 aromatic rings. The summed E-state index contributed by atoms with van der Waals surface area (Å²) in [6, 6.07) is 5.38. The van der Waals surface area contributed by atoms with Crippen LogP contribution in [0.2, 0.25) is 0 Å². The average Bonchev–Trinajstić information content (AvgIpc) is 2.91. The van der Waals surface area contributed by atoms with E-state index in [-0.39, 0.29) is 23.5 Å². The summed E-state index contributed by atoms with van der Waals surface area (Å²) >= 11 is 0. The monoisotopic (exact) mass is 580 g/mol. The Bertz CT molecular complexity index is 1490. The molecule has 0 bridgehead atoms. The summed E-state index contributed by atoms with van der Waals surface area (Å²) in [7, 11) is 0. The molecule has 222 valence electrons. The van der Waals surface area contributed by atoms with Crippen LogP contribution >= 0.6 is 0 Å². The predicted molar refractivity (Wildman–Crippen MR) is 134 cm³/mol. The molecular weight excluding hydrogens is 552 g/mol. The van der Waals surface area contributed by atoms with Crippen LogP contribution in [0.4, 0.5) is 0 Å². The number of phenolic OH excluding ortho intramolecular Hbond substituents is 4. The van der Waals surface area contributed by atoms with Crippen LogP contribution in [0.5, 0.6) is 28.7 Å². The van der Waals surface area contributed by atoms with E-state index in [2.05, 4.69) is 0 Å². The zero-order chi connectivity index (χ0) is 29.7. The first-order valence-corrected chi connectivity index (χ1v) is 12.4. The Labute approximate surface area is 230 Å². The van der Waals surface area contributed by atoms with Gasteiger partial charge in [0.05, 0.1) is 12.7 Å². The summed E-state index contributed by atoms with van der Waals surface area (Å²) in [5.74, 6) is -3.08. The molecule has 9 atom stereocenters. The molecule has 1 aromatic heterocycles. The van der Waals surface area contributed by atoms with Crippen molar-refractivity contribution < 1.29 is 69.3 Å². The molecule has 0 aliphatic carbocycles. The van der Waals surface area contributed by atoms with Crippen molar-refractivity contribution in [2.45, 2.75) is 62.2 Å². The van der Waals surface area contributed by atoms with Crippen LogP contribution in [-0.2, 0) is 14.2 Å². The molecule has 15 heteroatoms. The highest BCUT2D eigenvalue weighted by molar-refractivity contribution is 5.88. The second-order valence-electron chi connectivity index (χ2n) is 9.79. The molecule has 15 nitrogen and oxygen atoms in total. The van der Waals surface area contributed by atoms with Crippen LogP contribution in [0.1, 0.15) is 6.92 Å². The van der Waals surface area contributed by atoms with E-state index in [0.29, 0.717) is 0 Å². The summed E-state index contributed by atoms with van der Waals surface area (Å²) < 4.78 is 27.9. The zero-order valence-corrected chi connectivity index (χ0v) is 21.3. The van der Waals surface area contributed by atoms with E-state index >= 15 is 0 Å². The Hall–Kier alpha value is -3.67. The number of ether oxygens (including phenoxy) is 4. The van der Waals surface area contributed by atoms with E-state index in [4.69, 9.17) is 23.4 Å². The minimum atomic E-state index is -1.88. The van der Waals surface area contributed by atoms with Gasteiger partial charge in [0.1, 0.15) is 59.1 Å². The lowest BCUT2D eigenvalue weighted by molar-refractivity contribution is -0.334. The maximum absolute atomic E-state index is 13.5. The van der Waals surface area contributed by atoms with E-state index in [1.165, 1.54) is 13.0 Å². The third-order valence-corrected chi connectivity index (χ3v) is 6.91. The molecule has 0 saturated carbocycles. The molecule has 0 amide bonds. The number of aliphatic hydroxyl groups excluding tert-OH is 5. The molecule has 5 rings (SSSR count). The van der Waals surface area contributed by atoms with Gasteiger partial charge in [0.25, 0.3) is 0 Å². The van der Waals surface area contributed by atoms with Gasteiger partial charge in [-0.05, 0) is 25.1 Å². The lowest BCUT2D eigenvalue weighted by Gasteiger charge is -2.44. The molecule has 2 aromatic carbocycles. The molecule has 3 heterocycles. The Morgan fingerprint density at radius 2 is 1.54 bits per heavy atom. The topological polar surface area (TPSA) is 249 Å². The molecule has 0 radical (unpaired) electrons. The number of hydrogen-bond acceptors (Lipinski definition) is 15. The van der Waals surface area contributed by atoms with E-state index in [1.807, 2.05) is 0 Å². The van der Waals surface area contributed by atoms with Gasteiger partial charge in [-0.15, -0.1) is 0 Å². The van der Waals surface area contributed by atoms with E-state index in [0.717, 1.165) is 24.3 Å². The van der Waals surface area contributed by atoms with E-state index in [1.54, 1.807) is 0 Å². The van der Waals surface area contributed by atoms with Crippen molar-refractivity contribution in [1.29, 1.82) is 0 Å². The second-order valence-corrected chi connectivity index (χ2v) is 9.79. The smallest absolute Gasteiger partial charge is 0.239 e. The number of fused-ring (bicyclic) bond motifs is 1. The Kier molecular flexibility index (Phi) is 7.71. The highest BCUT2D eigenvalue weighted by Gasteiger charge is 2.48. The number of benzene rings is 2. The normalized spacial score (nSPS) is 32.2. The highest BCUT2D eigenvalue weighted by Crippen LogP contribution is 2.39. The first kappa shape index (κ1) is 28.8. The van der Waals surface area contributed by atoms with Crippen molar-refractivity contribution in [2.75, 3.05) is 6.61 Å². The number of aliphatic hydroxyl groups is 5. The molecular formula is C26H28O15. The molecule has 2 aliphatic heterocycles. The van der Waals surface area contributed by atoms with Gasteiger partial charge in [0.2, 0.25) is 17.5 Å². The van der Waals surface area contributed by atoms with Gasteiger partial charge in [-0.1, -0.05) is 0 Å². The van der Waals surface area contributed by atoms with Gasteiger partial charge in [-0.25, -0.2) is 0 Å². The van der Waals surface area contributed by atoms with Gasteiger partial charge in [-0.3, -0.25) is 4.79 Å². The van der Waals surface area contributed by atoms with Gasteiger partial charge in [0.15, 0.2) is 23.5 Å². The van der Waals surface area contributed by atoms with Gasteiger partial charge in [0, 0.05) is 17.7 Å². The van der Waals surface area contributed by atoms with Gasteiger partial charge in [-0.2, -0.15) is 0 Å². The number of phenols is 4. The van der Waals surface area contributed by atoms with Crippen molar-refractivity contribution >= 4 is 11.0 Å². The predicted octanol–water partition coefficient (Wildman–Crippen LogP) is -1.05. The first-order chi connectivity index (χ1) is 19.4. The van der Waals surface area contributed by atoms with E-state index < -0.39 is 94.9 Å². The van der Waals surface area contributed by atoms with Crippen molar-refractivity contribution in [2.24, 2.45) is 0 Å². The molecule has 41 heavy (non-hydrogen) atoms. The summed E-state index contributed by atoms with van der Waals surface area (Å²) in [6.45, 7) is 1.06. The number of aromatic hydroxyl groups is 4. The van der Waals surface area contributed by atoms with Crippen LogP contribution in [0, 0.1) is 0 Å². The molecule has 9 N–H and O–H groups in total. The number of rotatable bonds is 5. The lowest BCUT2D eigenvalue weighted by Crippen LogP contribution is -2.62. The fraction of sp³-hybridized carbons (Fsp3) is 0.423. The quantitative estimate of drug-likeness (QED) is 0.163. The maximum atomic E-state index is 13.5. The molecule has 0 spiro atoms. The van der Waals surface area contributed by atoms with Crippen LogP contribution in [0.15, 0.2) is 39.5 Å². The van der Waals surface area contributed by atoms with Crippen molar-refractivity contribution in [1.82, 2.24) is 0 Å². The van der Waals surface area contributed by atoms with Crippen LogP contribution in [-0.4, -0.2) is 108 Å². The molecule has 2 saturated heterocycles.